The van der Waals surface area contributed by atoms with Gasteiger partial charge in [-0.1, -0.05) is 24.3 Å². The van der Waals surface area contributed by atoms with Crippen molar-refractivity contribution in [2.24, 2.45) is 0 Å². The topological polar surface area (TPSA) is 58.6 Å². The molecule has 0 spiro atoms. The van der Waals surface area contributed by atoms with Gasteiger partial charge in [0.25, 0.3) is 0 Å². The summed E-state index contributed by atoms with van der Waals surface area (Å²) in [6.45, 7) is 4.28. The van der Waals surface area contributed by atoms with Crippen molar-refractivity contribution in [1.82, 2.24) is 5.32 Å². The fourth-order valence-corrected chi connectivity index (χ4v) is 1.48. The molecular formula is C14H21NO3. The highest BCUT2D eigenvalue weighted by Gasteiger charge is 2.20. The Morgan fingerprint density at radius 2 is 1.83 bits per heavy atom. The number of nitrogens with one attached hydrogen (secondary N) is 1. The Morgan fingerprint density at radius 3 is 2.33 bits per heavy atom. The average Bonchev–Trinajstić information content (AvgIpc) is 2.36. The lowest BCUT2D eigenvalue weighted by atomic mass is 10.0. The van der Waals surface area contributed by atoms with Crippen molar-refractivity contribution in [2.75, 3.05) is 7.11 Å². The number of aliphatic hydroxyl groups excluding tert-OH is 1. The van der Waals surface area contributed by atoms with Gasteiger partial charge in [0.05, 0.1) is 18.6 Å². The molecule has 0 saturated carbocycles. The molecule has 18 heavy (non-hydrogen) atoms. The number of hydrogen-bond donors (Lipinski definition) is 2. The van der Waals surface area contributed by atoms with Crippen LogP contribution in [0.15, 0.2) is 24.3 Å². The molecule has 0 heterocycles. The van der Waals surface area contributed by atoms with E-state index in [4.69, 9.17) is 9.84 Å². The van der Waals surface area contributed by atoms with Crippen LogP contribution < -0.4 is 5.32 Å². The van der Waals surface area contributed by atoms with E-state index in [9.17, 15) is 4.79 Å². The van der Waals surface area contributed by atoms with Gasteiger partial charge in [-0.25, -0.2) is 0 Å². The molecule has 0 aromatic heterocycles. The number of methoxy groups -OCH3 is 1. The van der Waals surface area contributed by atoms with E-state index < -0.39 is 5.60 Å². The molecule has 1 rings (SSSR count). The monoisotopic (exact) mass is 251 g/mol. The summed E-state index contributed by atoms with van der Waals surface area (Å²) in [5.41, 5.74) is 1.44. The molecular weight excluding hydrogens is 230 g/mol. The molecule has 1 aromatic carbocycles. The molecule has 4 heteroatoms. The van der Waals surface area contributed by atoms with Crippen LogP contribution in [0.4, 0.5) is 0 Å². The molecule has 0 bridgehead atoms. The van der Waals surface area contributed by atoms with Gasteiger partial charge in [-0.15, -0.1) is 0 Å². The number of aliphatic hydroxyl groups is 1. The van der Waals surface area contributed by atoms with Crippen LogP contribution in [-0.4, -0.2) is 23.7 Å². The maximum absolute atomic E-state index is 11.7. The predicted molar refractivity (Wildman–Crippen MR) is 69.9 cm³/mol. The highest BCUT2D eigenvalue weighted by molar-refractivity contribution is 5.76. The third kappa shape index (κ3) is 4.85. The first-order chi connectivity index (χ1) is 8.46. The quantitative estimate of drug-likeness (QED) is 0.807. The van der Waals surface area contributed by atoms with Gasteiger partial charge in [0.2, 0.25) is 5.91 Å². The van der Waals surface area contributed by atoms with Crippen molar-refractivity contribution in [3.63, 3.8) is 0 Å². The number of rotatable bonds is 6. The van der Waals surface area contributed by atoms with Gasteiger partial charge in [0, 0.05) is 13.7 Å². The maximum Gasteiger partial charge on any atom is 0.223 e. The largest absolute Gasteiger partial charge is 0.392 e. The van der Waals surface area contributed by atoms with Crippen LogP contribution in [0.3, 0.4) is 0 Å². The second-order valence-electron chi connectivity index (χ2n) is 4.89. The summed E-state index contributed by atoms with van der Waals surface area (Å²) in [6, 6.07) is 7.49. The van der Waals surface area contributed by atoms with E-state index >= 15 is 0 Å². The van der Waals surface area contributed by atoms with Gasteiger partial charge >= 0.3 is 0 Å². The Labute approximate surface area is 108 Å². The summed E-state index contributed by atoms with van der Waals surface area (Å²) in [5.74, 6) is -0.0342. The van der Waals surface area contributed by atoms with Crippen molar-refractivity contribution in [3.8, 4) is 0 Å². The van der Waals surface area contributed by atoms with E-state index in [1.165, 1.54) is 0 Å². The van der Waals surface area contributed by atoms with E-state index in [1.807, 2.05) is 38.1 Å². The Bertz CT molecular complexity index is 385. The highest BCUT2D eigenvalue weighted by atomic mass is 16.5. The zero-order valence-electron chi connectivity index (χ0n) is 11.2. The number of amides is 1. The summed E-state index contributed by atoms with van der Waals surface area (Å²) in [6.07, 6.45) is 0.332. The first kappa shape index (κ1) is 14.7. The lowest BCUT2D eigenvalue weighted by Crippen LogP contribution is -2.33. The van der Waals surface area contributed by atoms with Crippen molar-refractivity contribution < 1.29 is 14.6 Å². The molecule has 0 aliphatic carbocycles. The van der Waals surface area contributed by atoms with E-state index in [1.54, 1.807) is 7.11 Å². The number of benzene rings is 1. The summed E-state index contributed by atoms with van der Waals surface area (Å²) in [5, 5.41) is 11.8. The predicted octanol–water partition coefficient (Wildman–Crippen LogP) is 1.61. The van der Waals surface area contributed by atoms with Crippen LogP contribution in [0.5, 0.6) is 0 Å². The van der Waals surface area contributed by atoms with Crippen LogP contribution in [0.25, 0.3) is 0 Å². The van der Waals surface area contributed by atoms with Gasteiger partial charge in [0.15, 0.2) is 0 Å². The van der Waals surface area contributed by atoms with E-state index in [-0.39, 0.29) is 12.5 Å². The molecule has 0 fully saturated rings. The minimum Gasteiger partial charge on any atom is -0.392 e. The standard InChI is InChI=1S/C14H21NO3/c1-14(2,18-3)8-13(17)15-9-11-4-6-12(10-16)7-5-11/h4-7,16H,8-10H2,1-3H3,(H,15,17). The van der Waals surface area contributed by atoms with Gasteiger partial charge in [-0.3, -0.25) is 4.79 Å². The molecule has 0 aliphatic heterocycles. The van der Waals surface area contributed by atoms with Crippen molar-refractivity contribution in [3.05, 3.63) is 35.4 Å². The zero-order chi connectivity index (χ0) is 13.6. The first-order valence-electron chi connectivity index (χ1n) is 5.97. The fraction of sp³-hybridized carbons (Fsp3) is 0.500. The van der Waals surface area contributed by atoms with Crippen LogP contribution in [-0.2, 0) is 22.7 Å². The van der Waals surface area contributed by atoms with Crippen LogP contribution in [0.2, 0.25) is 0 Å². The Kier molecular flexibility index (Phi) is 5.31. The average molecular weight is 251 g/mol. The second kappa shape index (κ2) is 6.52. The molecule has 2 N–H and O–H groups in total. The summed E-state index contributed by atoms with van der Waals surface area (Å²) in [7, 11) is 1.60. The van der Waals surface area contributed by atoms with E-state index in [0.29, 0.717) is 13.0 Å². The molecule has 100 valence electrons. The first-order valence-corrected chi connectivity index (χ1v) is 5.97. The molecule has 0 saturated heterocycles. The number of carbonyl (C=O) groups is 1. The molecule has 0 radical (unpaired) electrons. The van der Waals surface area contributed by atoms with Gasteiger partial charge < -0.3 is 15.2 Å². The molecule has 1 amide bonds. The van der Waals surface area contributed by atoms with Gasteiger partial charge in [-0.2, -0.15) is 0 Å². The van der Waals surface area contributed by atoms with Crippen molar-refractivity contribution in [1.29, 1.82) is 0 Å². The summed E-state index contributed by atoms with van der Waals surface area (Å²) < 4.78 is 5.20. The Morgan fingerprint density at radius 1 is 1.28 bits per heavy atom. The Balaban J connectivity index is 2.42. The third-order valence-electron chi connectivity index (χ3n) is 2.83. The zero-order valence-corrected chi connectivity index (χ0v) is 11.2. The summed E-state index contributed by atoms with van der Waals surface area (Å²) in [4.78, 5) is 11.7. The highest BCUT2D eigenvalue weighted by Crippen LogP contribution is 2.12. The van der Waals surface area contributed by atoms with Gasteiger partial charge in [-0.05, 0) is 25.0 Å². The number of carbonyl (C=O) groups excluding carboxylic acids is 1. The van der Waals surface area contributed by atoms with Gasteiger partial charge in [0.1, 0.15) is 0 Å². The van der Waals surface area contributed by atoms with Crippen LogP contribution >= 0.6 is 0 Å². The smallest absolute Gasteiger partial charge is 0.223 e. The molecule has 0 aliphatic rings. The van der Waals surface area contributed by atoms with Crippen molar-refractivity contribution in [2.45, 2.75) is 39.0 Å². The maximum atomic E-state index is 11.7. The lowest BCUT2D eigenvalue weighted by Gasteiger charge is -2.21. The molecule has 0 atom stereocenters. The molecule has 0 unspecified atom stereocenters. The normalized spacial score (nSPS) is 11.3. The molecule has 1 aromatic rings. The SMILES string of the molecule is COC(C)(C)CC(=O)NCc1ccc(CO)cc1. The van der Waals surface area contributed by atoms with Crippen molar-refractivity contribution >= 4 is 5.91 Å². The molecule has 4 nitrogen and oxygen atoms in total. The van der Waals surface area contributed by atoms with Crippen LogP contribution in [0.1, 0.15) is 31.4 Å². The van der Waals surface area contributed by atoms with E-state index in [2.05, 4.69) is 5.32 Å². The fourth-order valence-electron chi connectivity index (χ4n) is 1.48. The number of hydrogen-bond acceptors (Lipinski definition) is 3. The van der Waals surface area contributed by atoms with E-state index in [0.717, 1.165) is 11.1 Å². The minimum atomic E-state index is -0.440. The third-order valence-corrected chi connectivity index (χ3v) is 2.83. The van der Waals surface area contributed by atoms with Crippen LogP contribution in [0, 0.1) is 0 Å². The second-order valence-corrected chi connectivity index (χ2v) is 4.89. The lowest BCUT2D eigenvalue weighted by molar-refractivity contribution is -0.126. The number of ether oxygens (including phenoxy) is 1. The summed E-state index contributed by atoms with van der Waals surface area (Å²) >= 11 is 0. The Hall–Kier alpha value is -1.39. The minimum absolute atomic E-state index is 0.0342.